The molecule has 4 nitrogen and oxygen atoms in total. The molecule has 0 N–H and O–H groups in total. The van der Waals surface area contributed by atoms with E-state index in [0.717, 1.165) is 12.1 Å². The Morgan fingerprint density at radius 1 is 1.33 bits per heavy atom. The van der Waals surface area contributed by atoms with Gasteiger partial charge in [0.15, 0.2) is 0 Å². The maximum atomic E-state index is 10.4. The number of hydrogen-bond donors (Lipinski definition) is 0. The van der Waals surface area contributed by atoms with E-state index in [2.05, 4.69) is 18.7 Å². The first kappa shape index (κ1) is 11.7. The van der Waals surface area contributed by atoms with Gasteiger partial charge in [0.1, 0.15) is 0 Å². The first-order valence-corrected chi connectivity index (χ1v) is 4.94. The van der Waals surface area contributed by atoms with Gasteiger partial charge in [-0.05, 0) is 26.5 Å². The first-order chi connectivity index (χ1) is 7.00. The number of nitrogens with zero attached hydrogens (tertiary/aromatic N) is 2. The average Bonchev–Trinajstić information content (AvgIpc) is 2.18. The molecule has 82 valence electrons. The van der Waals surface area contributed by atoms with Crippen LogP contribution in [0.5, 0.6) is 0 Å². The molecule has 0 aliphatic carbocycles. The Kier molecular flexibility index (Phi) is 3.80. The van der Waals surface area contributed by atoms with E-state index in [1.165, 1.54) is 0 Å². The molecule has 0 spiro atoms. The van der Waals surface area contributed by atoms with Crippen LogP contribution in [0.1, 0.15) is 19.4 Å². The van der Waals surface area contributed by atoms with Crippen LogP contribution >= 0.6 is 0 Å². The average molecular weight is 208 g/mol. The third-order valence-electron chi connectivity index (χ3n) is 2.46. The smallest absolute Gasteiger partial charge is 0.269 e. The molecule has 0 fully saturated rings. The highest BCUT2D eigenvalue weighted by molar-refractivity contribution is 5.32. The van der Waals surface area contributed by atoms with E-state index < -0.39 is 0 Å². The normalized spacial score (nSPS) is 11.0. The predicted octanol–water partition coefficient (Wildman–Crippen LogP) is 2.44. The fraction of sp³-hybridized carbons (Fsp3) is 0.455. The second-order valence-corrected chi connectivity index (χ2v) is 3.93. The summed E-state index contributed by atoms with van der Waals surface area (Å²) in [5, 5.41) is 10.4. The molecule has 0 saturated carbocycles. The summed E-state index contributed by atoms with van der Waals surface area (Å²) >= 11 is 0. The van der Waals surface area contributed by atoms with Gasteiger partial charge >= 0.3 is 0 Å². The van der Waals surface area contributed by atoms with Gasteiger partial charge in [-0.2, -0.15) is 0 Å². The molecule has 0 aliphatic rings. The quantitative estimate of drug-likeness (QED) is 0.564. The minimum atomic E-state index is -0.379. The van der Waals surface area contributed by atoms with Gasteiger partial charge in [-0.3, -0.25) is 15.0 Å². The molecule has 0 unspecified atom stereocenters. The van der Waals surface area contributed by atoms with E-state index in [0.29, 0.717) is 6.04 Å². The third-order valence-corrected chi connectivity index (χ3v) is 2.46. The van der Waals surface area contributed by atoms with Crippen LogP contribution in [-0.2, 0) is 6.54 Å². The Bertz CT molecular complexity index is 333. The van der Waals surface area contributed by atoms with Crippen LogP contribution in [0.3, 0.4) is 0 Å². The Morgan fingerprint density at radius 2 is 1.87 bits per heavy atom. The maximum absolute atomic E-state index is 10.4. The predicted molar refractivity (Wildman–Crippen MR) is 59.7 cm³/mol. The number of hydrogen-bond acceptors (Lipinski definition) is 3. The van der Waals surface area contributed by atoms with Crippen LogP contribution in [0, 0.1) is 10.1 Å². The number of nitro groups is 1. The molecule has 0 atom stereocenters. The molecule has 0 saturated heterocycles. The van der Waals surface area contributed by atoms with E-state index in [1.807, 2.05) is 7.05 Å². The highest BCUT2D eigenvalue weighted by atomic mass is 16.6. The highest BCUT2D eigenvalue weighted by Gasteiger charge is 2.07. The van der Waals surface area contributed by atoms with Crippen molar-refractivity contribution in [1.82, 2.24) is 4.90 Å². The van der Waals surface area contributed by atoms with Crippen LogP contribution in [0.4, 0.5) is 5.69 Å². The largest absolute Gasteiger partial charge is 0.300 e. The van der Waals surface area contributed by atoms with E-state index in [-0.39, 0.29) is 10.6 Å². The lowest BCUT2D eigenvalue weighted by molar-refractivity contribution is -0.384. The van der Waals surface area contributed by atoms with Gasteiger partial charge in [0.2, 0.25) is 0 Å². The number of non-ortho nitro benzene ring substituents is 1. The molecule has 0 aromatic heterocycles. The van der Waals surface area contributed by atoms with Crippen LogP contribution in [0.15, 0.2) is 24.3 Å². The van der Waals surface area contributed by atoms with Crippen molar-refractivity contribution < 1.29 is 4.92 Å². The molecular formula is C11H16N2O2. The number of benzene rings is 1. The summed E-state index contributed by atoms with van der Waals surface area (Å²) in [7, 11) is 2.03. The summed E-state index contributed by atoms with van der Waals surface area (Å²) < 4.78 is 0. The fourth-order valence-corrected chi connectivity index (χ4v) is 1.19. The first-order valence-electron chi connectivity index (χ1n) is 4.94. The van der Waals surface area contributed by atoms with Gasteiger partial charge < -0.3 is 0 Å². The molecule has 0 aliphatic heterocycles. The van der Waals surface area contributed by atoms with Crippen molar-refractivity contribution in [3.05, 3.63) is 39.9 Å². The lowest BCUT2D eigenvalue weighted by Gasteiger charge is -2.20. The molecule has 1 aromatic rings. The van der Waals surface area contributed by atoms with E-state index in [4.69, 9.17) is 0 Å². The molecule has 1 rings (SSSR count). The molecule has 0 heterocycles. The van der Waals surface area contributed by atoms with Gasteiger partial charge in [-0.1, -0.05) is 12.1 Å². The van der Waals surface area contributed by atoms with Gasteiger partial charge in [-0.25, -0.2) is 0 Å². The summed E-state index contributed by atoms with van der Waals surface area (Å²) in [6, 6.07) is 7.17. The molecule has 1 aromatic carbocycles. The Balaban J connectivity index is 2.68. The standard InChI is InChI=1S/C11H16N2O2/c1-9(2)12(3)8-10-4-6-11(7-5-10)13(14)15/h4-7,9H,8H2,1-3H3. The van der Waals surface area contributed by atoms with Crippen molar-refractivity contribution in [3.8, 4) is 0 Å². The lowest BCUT2D eigenvalue weighted by Crippen LogP contribution is -2.25. The van der Waals surface area contributed by atoms with Crippen molar-refractivity contribution >= 4 is 5.69 Å². The SMILES string of the molecule is CC(C)N(C)Cc1ccc([N+](=O)[O-])cc1. The number of rotatable bonds is 4. The maximum Gasteiger partial charge on any atom is 0.269 e. The summed E-state index contributed by atoms with van der Waals surface area (Å²) in [4.78, 5) is 12.2. The van der Waals surface area contributed by atoms with Gasteiger partial charge in [0.05, 0.1) is 4.92 Å². The summed E-state index contributed by atoms with van der Waals surface area (Å²) in [6.45, 7) is 5.05. The van der Waals surface area contributed by atoms with Crippen molar-refractivity contribution in [2.45, 2.75) is 26.4 Å². The van der Waals surface area contributed by atoms with Crippen LogP contribution in [-0.4, -0.2) is 22.9 Å². The van der Waals surface area contributed by atoms with E-state index in [9.17, 15) is 10.1 Å². The van der Waals surface area contributed by atoms with Crippen molar-refractivity contribution in [3.63, 3.8) is 0 Å². The van der Waals surface area contributed by atoms with Crippen LogP contribution in [0.2, 0.25) is 0 Å². The highest BCUT2D eigenvalue weighted by Crippen LogP contribution is 2.13. The Morgan fingerprint density at radius 3 is 2.27 bits per heavy atom. The molecule has 15 heavy (non-hydrogen) atoms. The van der Waals surface area contributed by atoms with Gasteiger partial charge in [0.25, 0.3) is 5.69 Å². The molecular weight excluding hydrogens is 192 g/mol. The van der Waals surface area contributed by atoms with Crippen LogP contribution < -0.4 is 0 Å². The monoisotopic (exact) mass is 208 g/mol. The Labute approximate surface area is 89.7 Å². The van der Waals surface area contributed by atoms with Crippen molar-refractivity contribution in [1.29, 1.82) is 0 Å². The second kappa shape index (κ2) is 4.89. The summed E-state index contributed by atoms with van der Waals surface area (Å²) in [6.07, 6.45) is 0. The van der Waals surface area contributed by atoms with Crippen LogP contribution in [0.25, 0.3) is 0 Å². The molecule has 0 radical (unpaired) electrons. The van der Waals surface area contributed by atoms with Gasteiger partial charge in [-0.15, -0.1) is 0 Å². The zero-order valence-corrected chi connectivity index (χ0v) is 9.30. The molecule has 0 amide bonds. The second-order valence-electron chi connectivity index (χ2n) is 3.93. The van der Waals surface area contributed by atoms with E-state index in [1.54, 1.807) is 24.3 Å². The Hall–Kier alpha value is -1.42. The summed E-state index contributed by atoms with van der Waals surface area (Å²) in [5.74, 6) is 0. The lowest BCUT2D eigenvalue weighted by atomic mass is 10.2. The zero-order valence-electron chi connectivity index (χ0n) is 9.30. The van der Waals surface area contributed by atoms with Crippen molar-refractivity contribution in [2.24, 2.45) is 0 Å². The zero-order chi connectivity index (χ0) is 11.4. The minimum Gasteiger partial charge on any atom is -0.300 e. The van der Waals surface area contributed by atoms with E-state index >= 15 is 0 Å². The minimum absolute atomic E-state index is 0.144. The molecule has 4 heteroatoms. The fourth-order valence-electron chi connectivity index (χ4n) is 1.19. The van der Waals surface area contributed by atoms with Gasteiger partial charge in [0, 0.05) is 24.7 Å². The number of nitro benzene ring substituents is 1. The topological polar surface area (TPSA) is 46.4 Å². The summed E-state index contributed by atoms with van der Waals surface area (Å²) in [5.41, 5.74) is 1.24. The third kappa shape index (κ3) is 3.32. The molecule has 0 bridgehead atoms. The van der Waals surface area contributed by atoms with Crippen molar-refractivity contribution in [2.75, 3.05) is 7.05 Å².